The maximum Gasteiger partial charge on any atom is 0.0548 e. The van der Waals surface area contributed by atoms with Gasteiger partial charge in [-0.15, -0.1) is 0 Å². The highest BCUT2D eigenvalue weighted by Crippen LogP contribution is 2.49. The lowest BCUT2D eigenvalue weighted by atomic mass is 9.61. The van der Waals surface area contributed by atoms with Crippen molar-refractivity contribution >= 4 is 0 Å². The summed E-state index contributed by atoms with van der Waals surface area (Å²) in [4.78, 5) is 0. The predicted octanol–water partition coefficient (Wildman–Crippen LogP) is 8.10. The first-order valence-electron chi connectivity index (χ1n) is 11.6. The maximum absolute atomic E-state index is 2.53. The van der Waals surface area contributed by atoms with Crippen molar-refractivity contribution < 1.29 is 0 Å². The molecule has 31 heavy (non-hydrogen) atoms. The van der Waals surface area contributed by atoms with Crippen molar-refractivity contribution in [3.05, 3.63) is 130 Å². The van der Waals surface area contributed by atoms with Crippen LogP contribution >= 0.6 is 0 Å². The molecule has 0 heterocycles. The zero-order chi connectivity index (χ0) is 22.0. The van der Waals surface area contributed by atoms with E-state index in [9.17, 15) is 0 Å². The van der Waals surface area contributed by atoms with E-state index in [0.29, 0.717) is 5.92 Å². The summed E-state index contributed by atoms with van der Waals surface area (Å²) in [6.07, 6.45) is 8.50. The van der Waals surface area contributed by atoms with Crippen LogP contribution in [0, 0.1) is 32.6 Å². The molecule has 3 aromatic rings. The molecule has 1 aliphatic carbocycles. The second-order valence-electron chi connectivity index (χ2n) is 9.28. The molecule has 4 rings (SSSR count). The van der Waals surface area contributed by atoms with Crippen LogP contribution < -0.4 is 0 Å². The summed E-state index contributed by atoms with van der Waals surface area (Å²) >= 11 is 0. The van der Waals surface area contributed by atoms with E-state index < -0.39 is 0 Å². The Morgan fingerprint density at radius 2 is 1.19 bits per heavy atom. The predicted molar refractivity (Wildman–Crippen MR) is 134 cm³/mol. The zero-order valence-electron chi connectivity index (χ0n) is 19.5. The van der Waals surface area contributed by atoms with Gasteiger partial charge in [-0.2, -0.15) is 0 Å². The largest absolute Gasteiger partial charge is 0.0758 e. The van der Waals surface area contributed by atoms with Gasteiger partial charge in [0.25, 0.3) is 0 Å². The molecule has 158 valence electrons. The van der Waals surface area contributed by atoms with Gasteiger partial charge in [0.2, 0.25) is 0 Å². The van der Waals surface area contributed by atoms with Crippen molar-refractivity contribution in [2.45, 2.75) is 46.5 Å². The Bertz CT molecular complexity index is 1020. The van der Waals surface area contributed by atoms with E-state index in [1.807, 2.05) is 0 Å². The maximum atomic E-state index is 2.53. The van der Waals surface area contributed by atoms with Crippen LogP contribution in [0.25, 0.3) is 0 Å². The molecule has 1 aliphatic rings. The number of rotatable bonds is 6. The van der Waals surface area contributed by atoms with Crippen molar-refractivity contribution in [1.82, 2.24) is 0 Å². The van der Waals surface area contributed by atoms with Crippen LogP contribution in [0.4, 0.5) is 0 Å². The molecular weight excluding hydrogens is 372 g/mol. The van der Waals surface area contributed by atoms with Gasteiger partial charge < -0.3 is 0 Å². The highest BCUT2D eigenvalue weighted by molar-refractivity contribution is 5.57. The molecule has 3 aromatic carbocycles. The second kappa shape index (κ2) is 8.71. The Kier molecular flexibility index (Phi) is 6.01. The van der Waals surface area contributed by atoms with Crippen molar-refractivity contribution in [1.29, 1.82) is 0 Å². The first-order valence-corrected chi connectivity index (χ1v) is 11.6. The molecule has 0 amide bonds. The van der Waals surface area contributed by atoms with E-state index in [2.05, 4.69) is 126 Å². The monoisotopic (exact) mass is 406 g/mol. The molecule has 2 atom stereocenters. The minimum Gasteiger partial charge on any atom is -0.0758 e. The lowest BCUT2D eigenvalue weighted by molar-refractivity contribution is 0.524. The molecule has 0 N–H and O–H groups in total. The minimum atomic E-state index is -0.268. The van der Waals surface area contributed by atoms with E-state index in [1.165, 1.54) is 39.0 Å². The fourth-order valence-corrected chi connectivity index (χ4v) is 5.12. The van der Waals surface area contributed by atoms with Gasteiger partial charge in [0.15, 0.2) is 0 Å². The van der Waals surface area contributed by atoms with Crippen molar-refractivity contribution in [2.75, 3.05) is 0 Å². The molecule has 0 fully saturated rings. The first-order chi connectivity index (χ1) is 14.9. The van der Waals surface area contributed by atoms with E-state index in [-0.39, 0.29) is 11.3 Å². The van der Waals surface area contributed by atoms with Crippen molar-refractivity contribution in [3.8, 4) is 0 Å². The van der Waals surface area contributed by atoms with E-state index in [1.54, 1.807) is 0 Å². The van der Waals surface area contributed by atoms with E-state index in [0.717, 1.165) is 6.42 Å². The number of allylic oxidation sites excluding steroid dienone is 4. The SMILES string of the molecule is CCC(C)C1=CC(C(c2cccc(C)c2)(c2cccc(C)c2)c2cccc(C)c2)C=C1. The van der Waals surface area contributed by atoms with Crippen LogP contribution in [0.15, 0.2) is 96.6 Å². The van der Waals surface area contributed by atoms with Crippen LogP contribution in [-0.2, 0) is 5.41 Å². The third-order valence-corrected chi connectivity index (χ3v) is 6.97. The summed E-state index contributed by atoms with van der Waals surface area (Å²) in [5.41, 5.74) is 9.18. The van der Waals surface area contributed by atoms with Gasteiger partial charge in [-0.25, -0.2) is 0 Å². The molecule has 0 aliphatic heterocycles. The minimum absolute atomic E-state index is 0.266. The molecule has 2 unspecified atom stereocenters. The molecule has 0 radical (unpaired) electrons. The van der Waals surface area contributed by atoms with Gasteiger partial charge >= 0.3 is 0 Å². The molecule has 0 saturated carbocycles. The molecule has 0 saturated heterocycles. The fraction of sp³-hybridized carbons (Fsp3) is 0.290. The van der Waals surface area contributed by atoms with Crippen LogP contribution in [0.3, 0.4) is 0 Å². The van der Waals surface area contributed by atoms with E-state index >= 15 is 0 Å². The van der Waals surface area contributed by atoms with Crippen LogP contribution in [0.2, 0.25) is 0 Å². The van der Waals surface area contributed by atoms with Gasteiger partial charge in [-0.3, -0.25) is 0 Å². The summed E-state index contributed by atoms with van der Waals surface area (Å²) in [6.45, 7) is 11.2. The molecule has 0 nitrogen and oxygen atoms in total. The fourth-order valence-electron chi connectivity index (χ4n) is 5.12. The first kappa shape index (κ1) is 21.4. The number of hydrogen-bond acceptors (Lipinski definition) is 0. The lowest BCUT2D eigenvalue weighted by Gasteiger charge is -2.40. The quantitative estimate of drug-likeness (QED) is 0.363. The average molecular weight is 407 g/mol. The van der Waals surface area contributed by atoms with Gasteiger partial charge in [0, 0.05) is 5.92 Å². The number of hydrogen-bond donors (Lipinski definition) is 0. The Balaban J connectivity index is 2.07. The normalized spacial score (nSPS) is 16.9. The van der Waals surface area contributed by atoms with Gasteiger partial charge in [0.1, 0.15) is 0 Å². The molecule has 0 heteroatoms. The van der Waals surface area contributed by atoms with E-state index in [4.69, 9.17) is 0 Å². The molecule has 0 aromatic heterocycles. The van der Waals surface area contributed by atoms with Crippen molar-refractivity contribution in [3.63, 3.8) is 0 Å². The van der Waals surface area contributed by atoms with Crippen LogP contribution in [-0.4, -0.2) is 0 Å². The van der Waals surface area contributed by atoms with Crippen molar-refractivity contribution in [2.24, 2.45) is 11.8 Å². The standard InChI is InChI=1S/C31H34/c1-6-25(5)26-16-17-30(21-26)31(27-13-7-10-22(2)18-27,28-14-8-11-23(3)19-28)29-15-9-12-24(4)20-29/h7-21,25,30H,6H2,1-5H3. The summed E-state index contributed by atoms with van der Waals surface area (Å²) in [6, 6.07) is 27.3. The van der Waals surface area contributed by atoms with Crippen LogP contribution in [0.5, 0.6) is 0 Å². The third kappa shape index (κ3) is 3.92. The Hall–Kier alpha value is -2.86. The van der Waals surface area contributed by atoms with Gasteiger partial charge in [0.05, 0.1) is 5.41 Å². The smallest absolute Gasteiger partial charge is 0.0548 e. The number of benzene rings is 3. The molecular formula is C31H34. The zero-order valence-corrected chi connectivity index (χ0v) is 19.5. The summed E-state index contributed by atoms with van der Waals surface area (Å²) in [7, 11) is 0. The van der Waals surface area contributed by atoms with Gasteiger partial charge in [-0.05, 0) is 55.4 Å². The highest BCUT2D eigenvalue weighted by atomic mass is 14.4. The van der Waals surface area contributed by atoms with Gasteiger partial charge in [-0.1, -0.05) is 122 Å². The second-order valence-corrected chi connectivity index (χ2v) is 9.28. The summed E-state index contributed by atoms with van der Waals surface area (Å²) in [5.74, 6) is 0.841. The highest BCUT2D eigenvalue weighted by Gasteiger charge is 2.43. The molecule has 0 bridgehead atoms. The summed E-state index contributed by atoms with van der Waals surface area (Å²) < 4.78 is 0. The lowest BCUT2D eigenvalue weighted by Crippen LogP contribution is -2.36. The number of aryl methyl sites for hydroxylation is 3. The molecule has 0 spiro atoms. The Morgan fingerprint density at radius 3 is 1.58 bits per heavy atom. The third-order valence-electron chi connectivity index (χ3n) is 6.97. The topological polar surface area (TPSA) is 0 Å². The average Bonchev–Trinajstić information content (AvgIpc) is 3.24. The summed E-state index contributed by atoms with van der Waals surface area (Å²) in [5, 5.41) is 0. The Labute approximate surface area is 188 Å². The van der Waals surface area contributed by atoms with Crippen LogP contribution in [0.1, 0.15) is 53.6 Å². The Morgan fingerprint density at radius 1 is 0.742 bits per heavy atom.